The van der Waals surface area contributed by atoms with Gasteiger partial charge in [0.2, 0.25) is 0 Å². The average Bonchev–Trinajstić information content (AvgIpc) is 2.88. The second kappa shape index (κ2) is 12.8. The van der Waals surface area contributed by atoms with Gasteiger partial charge in [-0.05, 0) is 72.8 Å². The van der Waals surface area contributed by atoms with E-state index in [0.717, 1.165) is 29.9 Å². The molecule has 168 valence electrons. The van der Waals surface area contributed by atoms with E-state index < -0.39 is 0 Å². The molecule has 0 saturated heterocycles. The lowest BCUT2D eigenvalue weighted by molar-refractivity contribution is 1.30. The van der Waals surface area contributed by atoms with Gasteiger partial charge in [-0.1, -0.05) is 68.3 Å². The molecule has 0 aliphatic rings. The van der Waals surface area contributed by atoms with Crippen molar-refractivity contribution in [1.29, 1.82) is 0 Å². The predicted octanol–water partition coefficient (Wildman–Crippen LogP) is 9.27. The van der Waals surface area contributed by atoms with Gasteiger partial charge in [0.05, 0.1) is 0 Å². The number of halogens is 2. The molecule has 0 radical (unpaired) electrons. The standard InChI is InChI=1S/C26H18Br2N4S2/c27-21-15-11-19(12-16-21)25(31-33-23-7-3-1-4-8-23)29-30-26(20-13-17-22(28)18-14-20)32-34-24-9-5-2-6-10-24/h1-18H/b30-29+,31-25-,32-26+. The molecule has 0 heterocycles. The maximum absolute atomic E-state index is 4.68. The van der Waals surface area contributed by atoms with Crippen molar-refractivity contribution in [2.45, 2.75) is 9.79 Å². The first kappa shape index (κ1) is 24.6. The van der Waals surface area contributed by atoms with Crippen LogP contribution in [0.1, 0.15) is 11.1 Å². The average molecular weight is 610 g/mol. The number of nitrogens with zero attached hydrogens (tertiary/aromatic N) is 4. The third-order valence-electron chi connectivity index (χ3n) is 4.41. The summed E-state index contributed by atoms with van der Waals surface area (Å²) in [5, 5.41) is 9.07. The molecule has 4 nitrogen and oxygen atoms in total. The van der Waals surface area contributed by atoms with Crippen molar-refractivity contribution in [3.8, 4) is 0 Å². The molecule has 4 aromatic carbocycles. The third kappa shape index (κ3) is 7.50. The van der Waals surface area contributed by atoms with Crippen LogP contribution in [0.4, 0.5) is 0 Å². The molecule has 8 heteroatoms. The fourth-order valence-corrected chi connectivity index (χ4v) is 4.46. The highest BCUT2D eigenvalue weighted by Gasteiger charge is 2.08. The van der Waals surface area contributed by atoms with E-state index in [1.54, 1.807) is 0 Å². The van der Waals surface area contributed by atoms with Crippen LogP contribution in [0, 0.1) is 0 Å². The van der Waals surface area contributed by atoms with E-state index in [2.05, 4.69) is 50.9 Å². The highest BCUT2D eigenvalue weighted by molar-refractivity contribution is 9.10. The maximum Gasteiger partial charge on any atom is 0.189 e. The van der Waals surface area contributed by atoms with Crippen molar-refractivity contribution in [1.82, 2.24) is 0 Å². The first-order valence-electron chi connectivity index (χ1n) is 10.2. The Morgan fingerprint density at radius 3 is 1.18 bits per heavy atom. The van der Waals surface area contributed by atoms with Gasteiger partial charge in [-0.2, -0.15) is 8.80 Å². The molecule has 0 bridgehead atoms. The number of hydrogen-bond donors (Lipinski definition) is 0. The Morgan fingerprint density at radius 2 is 0.824 bits per heavy atom. The van der Waals surface area contributed by atoms with Crippen LogP contribution < -0.4 is 0 Å². The van der Waals surface area contributed by atoms with E-state index in [1.165, 1.54) is 23.9 Å². The minimum absolute atomic E-state index is 0.510. The van der Waals surface area contributed by atoms with Gasteiger partial charge < -0.3 is 0 Å². The topological polar surface area (TPSA) is 49.4 Å². The van der Waals surface area contributed by atoms with Crippen LogP contribution >= 0.6 is 55.8 Å². The molecule has 4 aromatic rings. The van der Waals surface area contributed by atoms with Crippen LogP contribution in [-0.2, 0) is 0 Å². The normalized spacial score (nSPS) is 12.3. The van der Waals surface area contributed by atoms with Crippen LogP contribution in [0.3, 0.4) is 0 Å². The van der Waals surface area contributed by atoms with E-state index in [1.807, 2.05) is 109 Å². The van der Waals surface area contributed by atoms with Gasteiger partial charge in [0.1, 0.15) is 0 Å². The highest BCUT2D eigenvalue weighted by atomic mass is 79.9. The molecule has 0 unspecified atom stereocenters. The highest BCUT2D eigenvalue weighted by Crippen LogP contribution is 2.23. The number of hydrogen-bond acceptors (Lipinski definition) is 4. The van der Waals surface area contributed by atoms with Gasteiger partial charge in [-0.25, -0.2) is 0 Å². The lowest BCUT2D eigenvalue weighted by Gasteiger charge is -2.04. The molecular weight excluding hydrogens is 592 g/mol. The van der Waals surface area contributed by atoms with Crippen LogP contribution in [0.2, 0.25) is 0 Å². The molecule has 0 aromatic heterocycles. The largest absolute Gasteiger partial charge is 0.189 e. The Kier molecular flexibility index (Phi) is 9.27. The molecule has 0 aliphatic carbocycles. The smallest absolute Gasteiger partial charge is 0.189 e. The fraction of sp³-hybridized carbons (Fsp3) is 0. The Balaban J connectivity index is 1.67. The fourth-order valence-electron chi connectivity index (χ4n) is 2.70. The Bertz CT molecular complexity index is 1190. The molecule has 34 heavy (non-hydrogen) atoms. The zero-order valence-electron chi connectivity index (χ0n) is 17.8. The Morgan fingerprint density at radius 1 is 0.471 bits per heavy atom. The second-order valence-electron chi connectivity index (χ2n) is 6.85. The number of rotatable bonds is 6. The lowest BCUT2D eigenvalue weighted by atomic mass is 10.2. The molecule has 0 spiro atoms. The summed E-state index contributed by atoms with van der Waals surface area (Å²) in [6, 6.07) is 35.6. The number of azo groups is 1. The zero-order chi connectivity index (χ0) is 23.6. The molecule has 0 amide bonds. The number of amidine groups is 2. The first-order valence-corrected chi connectivity index (χ1v) is 13.3. The van der Waals surface area contributed by atoms with E-state index >= 15 is 0 Å². The molecule has 0 atom stereocenters. The van der Waals surface area contributed by atoms with Gasteiger partial charge in [-0.15, -0.1) is 10.2 Å². The SMILES string of the molecule is Brc1ccc(C(=N/Sc2ccccc2)/N=N/C(=N/Sc2ccccc2)c2ccc(Br)cc2)cc1. The summed E-state index contributed by atoms with van der Waals surface area (Å²) in [5.41, 5.74) is 1.72. The second-order valence-corrected chi connectivity index (χ2v) is 10.4. The van der Waals surface area contributed by atoms with E-state index in [0.29, 0.717) is 11.7 Å². The summed E-state index contributed by atoms with van der Waals surface area (Å²) in [7, 11) is 0. The summed E-state index contributed by atoms with van der Waals surface area (Å²) < 4.78 is 11.3. The quantitative estimate of drug-likeness (QED) is 0.0946. The molecule has 0 fully saturated rings. The van der Waals surface area contributed by atoms with Crippen LogP contribution in [0.15, 0.2) is 147 Å². The molecule has 0 N–H and O–H groups in total. The van der Waals surface area contributed by atoms with E-state index in [9.17, 15) is 0 Å². The van der Waals surface area contributed by atoms with Crippen molar-refractivity contribution in [3.63, 3.8) is 0 Å². The van der Waals surface area contributed by atoms with Crippen LogP contribution in [0.5, 0.6) is 0 Å². The molecule has 0 aliphatic heterocycles. The van der Waals surface area contributed by atoms with Crippen molar-refractivity contribution in [2.75, 3.05) is 0 Å². The van der Waals surface area contributed by atoms with Gasteiger partial charge in [0, 0.05) is 53.8 Å². The lowest BCUT2D eigenvalue weighted by Crippen LogP contribution is -2.00. The molecule has 0 saturated carbocycles. The molecule has 4 rings (SSSR count). The minimum atomic E-state index is 0.510. The third-order valence-corrected chi connectivity index (χ3v) is 6.96. The van der Waals surface area contributed by atoms with Crippen molar-refractivity contribution in [2.24, 2.45) is 19.0 Å². The first-order chi connectivity index (χ1) is 16.7. The van der Waals surface area contributed by atoms with E-state index in [-0.39, 0.29) is 0 Å². The van der Waals surface area contributed by atoms with E-state index in [4.69, 9.17) is 0 Å². The maximum atomic E-state index is 4.68. The summed E-state index contributed by atoms with van der Waals surface area (Å²) >= 11 is 9.69. The summed E-state index contributed by atoms with van der Waals surface area (Å²) in [4.78, 5) is 2.04. The molecular formula is C26H18Br2N4S2. The summed E-state index contributed by atoms with van der Waals surface area (Å²) in [5.74, 6) is 1.02. The zero-order valence-corrected chi connectivity index (χ0v) is 22.6. The van der Waals surface area contributed by atoms with Gasteiger partial charge >= 0.3 is 0 Å². The van der Waals surface area contributed by atoms with Crippen molar-refractivity contribution >= 4 is 67.4 Å². The Hall–Kier alpha value is -2.52. The minimum Gasteiger partial charge on any atom is -0.189 e. The van der Waals surface area contributed by atoms with Crippen molar-refractivity contribution < 1.29 is 0 Å². The van der Waals surface area contributed by atoms with Gasteiger partial charge in [0.25, 0.3) is 0 Å². The Labute approximate surface area is 224 Å². The predicted molar refractivity (Wildman–Crippen MR) is 151 cm³/mol. The van der Waals surface area contributed by atoms with Gasteiger partial charge in [0.15, 0.2) is 11.7 Å². The van der Waals surface area contributed by atoms with Crippen LogP contribution in [0.25, 0.3) is 0 Å². The monoisotopic (exact) mass is 608 g/mol. The number of benzene rings is 4. The van der Waals surface area contributed by atoms with Gasteiger partial charge in [-0.3, -0.25) is 0 Å². The van der Waals surface area contributed by atoms with Crippen molar-refractivity contribution in [3.05, 3.63) is 129 Å². The van der Waals surface area contributed by atoms with Crippen LogP contribution in [-0.4, -0.2) is 11.7 Å². The summed E-state index contributed by atoms with van der Waals surface area (Å²) in [6.07, 6.45) is 0. The summed E-state index contributed by atoms with van der Waals surface area (Å²) in [6.45, 7) is 0.